The maximum absolute atomic E-state index is 14.2. The molecule has 0 fully saturated rings. The van der Waals surface area contributed by atoms with Gasteiger partial charge in [-0.15, -0.1) is 0 Å². The molecule has 0 bridgehead atoms. The first-order valence-corrected chi connectivity index (χ1v) is 9.05. The Labute approximate surface area is 152 Å². The van der Waals surface area contributed by atoms with Crippen molar-refractivity contribution in [2.45, 2.75) is 10.7 Å². The third kappa shape index (κ3) is 3.85. The normalized spacial score (nSPS) is 11.6. The van der Waals surface area contributed by atoms with Crippen LogP contribution in [-0.2, 0) is 9.84 Å². The Hall–Kier alpha value is -3.14. The second kappa shape index (κ2) is 7.23. The lowest BCUT2D eigenvalue weighted by Crippen LogP contribution is -2.14. The molecule has 10 heteroatoms. The Morgan fingerprint density at radius 3 is 2.37 bits per heavy atom. The van der Waals surface area contributed by atoms with E-state index in [4.69, 9.17) is 0 Å². The molecule has 1 aromatic heterocycles. The molecule has 0 unspecified atom stereocenters. The highest BCUT2D eigenvalue weighted by Crippen LogP contribution is 2.21. The first-order valence-electron chi connectivity index (χ1n) is 7.50. The molecule has 2 aromatic carbocycles. The SMILES string of the molecule is O=C(Nc1ccc(-n2ccnc2)c(F)c1)c1ccc(S(=O)(=O)C(F)F)cc1. The number of anilines is 1. The zero-order valence-electron chi connectivity index (χ0n) is 13.5. The van der Waals surface area contributed by atoms with E-state index in [-0.39, 0.29) is 16.9 Å². The second-order valence-corrected chi connectivity index (χ2v) is 7.34. The fourth-order valence-electron chi connectivity index (χ4n) is 2.30. The number of amides is 1. The summed E-state index contributed by atoms with van der Waals surface area (Å²) in [6, 6.07) is 8.07. The van der Waals surface area contributed by atoms with E-state index >= 15 is 0 Å². The molecule has 140 valence electrons. The maximum atomic E-state index is 14.2. The Morgan fingerprint density at radius 2 is 1.81 bits per heavy atom. The zero-order valence-corrected chi connectivity index (χ0v) is 14.3. The highest BCUT2D eigenvalue weighted by molar-refractivity contribution is 7.91. The van der Waals surface area contributed by atoms with Gasteiger partial charge in [0.15, 0.2) is 0 Å². The van der Waals surface area contributed by atoms with Crippen LogP contribution in [0.1, 0.15) is 10.4 Å². The van der Waals surface area contributed by atoms with Gasteiger partial charge >= 0.3 is 5.76 Å². The number of hydrogen-bond donors (Lipinski definition) is 1. The molecule has 0 aliphatic heterocycles. The number of rotatable bonds is 5. The van der Waals surface area contributed by atoms with Gasteiger partial charge in [-0.2, -0.15) is 8.78 Å². The van der Waals surface area contributed by atoms with Crippen LogP contribution < -0.4 is 5.32 Å². The highest BCUT2D eigenvalue weighted by atomic mass is 32.2. The third-order valence-electron chi connectivity index (χ3n) is 3.67. The van der Waals surface area contributed by atoms with Gasteiger partial charge in [0, 0.05) is 23.6 Å². The van der Waals surface area contributed by atoms with Crippen molar-refractivity contribution in [3.63, 3.8) is 0 Å². The molecule has 0 saturated carbocycles. The summed E-state index contributed by atoms with van der Waals surface area (Å²) in [7, 11) is -4.73. The van der Waals surface area contributed by atoms with E-state index in [9.17, 15) is 26.4 Å². The maximum Gasteiger partial charge on any atom is 0.341 e. The standard InChI is InChI=1S/C17H12F3N3O3S/c18-14-9-12(3-6-15(14)23-8-7-21-10-23)22-16(24)11-1-4-13(5-2-11)27(25,26)17(19)20/h1-10,17H,(H,22,24). The molecule has 3 aromatic rings. The van der Waals surface area contributed by atoms with Gasteiger partial charge < -0.3 is 9.88 Å². The Bertz CT molecular complexity index is 1070. The molecule has 1 heterocycles. The van der Waals surface area contributed by atoms with Crippen LogP contribution in [0.25, 0.3) is 5.69 Å². The number of aromatic nitrogens is 2. The number of alkyl halides is 2. The number of hydrogen-bond acceptors (Lipinski definition) is 4. The van der Waals surface area contributed by atoms with Crippen LogP contribution in [-0.4, -0.2) is 29.6 Å². The van der Waals surface area contributed by atoms with E-state index in [2.05, 4.69) is 10.3 Å². The minimum atomic E-state index is -4.73. The van der Waals surface area contributed by atoms with E-state index in [1.165, 1.54) is 29.2 Å². The Kier molecular flexibility index (Phi) is 5.00. The van der Waals surface area contributed by atoms with Crippen molar-refractivity contribution in [2.24, 2.45) is 0 Å². The van der Waals surface area contributed by atoms with E-state index in [0.717, 1.165) is 30.3 Å². The molecule has 3 rings (SSSR count). The molecule has 0 saturated heterocycles. The molecule has 1 amide bonds. The fourth-order valence-corrected chi connectivity index (χ4v) is 3.02. The zero-order chi connectivity index (χ0) is 19.6. The summed E-state index contributed by atoms with van der Waals surface area (Å²) in [5, 5.41) is 2.45. The molecule has 1 N–H and O–H groups in total. The Balaban J connectivity index is 1.77. The summed E-state index contributed by atoms with van der Waals surface area (Å²) >= 11 is 0. The topological polar surface area (TPSA) is 81.1 Å². The van der Waals surface area contributed by atoms with Gasteiger partial charge in [0.2, 0.25) is 9.84 Å². The third-order valence-corrected chi connectivity index (χ3v) is 5.07. The van der Waals surface area contributed by atoms with E-state index in [1.54, 1.807) is 6.20 Å². The number of carbonyl (C=O) groups excluding carboxylic acids is 1. The molecular weight excluding hydrogens is 383 g/mol. The van der Waals surface area contributed by atoms with Crippen LogP contribution in [0.15, 0.2) is 66.1 Å². The molecular formula is C17H12F3N3O3S. The number of nitrogens with zero attached hydrogens (tertiary/aromatic N) is 2. The summed E-state index contributed by atoms with van der Waals surface area (Å²) in [5.74, 6) is -4.79. The molecule has 0 radical (unpaired) electrons. The van der Waals surface area contributed by atoms with Crippen LogP contribution in [0.3, 0.4) is 0 Å². The first-order chi connectivity index (χ1) is 12.8. The van der Waals surface area contributed by atoms with Gasteiger partial charge in [0.05, 0.1) is 16.9 Å². The predicted octanol–water partition coefficient (Wildman–Crippen LogP) is 3.26. The number of imidazole rings is 1. The number of nitrogens with one attached hydrogen (secondary N) is 1. The van der Waals surface area contributed by atoms with Crippen LogP contribution in [0, 0.1) is 5.82 Å². The number of halogens is 3. The highest BCUT2D eigenvalue weighted by Gasteiger charge is 2.26. The molecule has 0 spiro atoms. The van der Waals surface area contributed by atoms with Gasteiger partial charge in [-0.05, 0) is 42.5 Å². The van der Waals surface area contributed by atoms with Gasteiger partial charge in [-0.25, -0.2) is 17.8 Å². The molecule has 0 aliphatic rings. The monoisotopic (exact) mass is 395 g/mol. The van der Waals surface area contributed by atoms with Crippen molar-refractivity contribution >= 4 is 21.4 Å². The number of carbonyl (C=O) groups is 1. The average molecular weight is 395 g/mol. The summed E-state index contributed by atoms with van der Waals surface area (Å²) in [6.45, 7) is 0. The van der Waals surface area contributed by atoms with E-state index in [0.29, 0.717) is 0 Å². The largest absolute Gasteiger partial charge is 0.341 e. The summed E-state index contributed by atoms with van der Waals surface area (Å²) in [5.41, 5.74) is 0.444. The smallest absolute Gasteiger partial charge is 0.322 e. The average Bonchev–Trinajstić information content (AvgIpc) is 3.16. The van der Waals surface area contributed by atoms with Crippen molar-refractivity contribution in [3.05, 3.63) is 72.6 Å². The minimum Gasteiger partial charge on any atom is -0.322 e. The van der Waals surface area contributed by atoms with Gasteiger partial charge in [-0.3, -0.25) is 4.79 Å². The molecule has 0 aliphatic carbocycles. The summed E-state index contributed by atoms with van der Waals surface area (Å²) < 4.78 is 63.4. The molecule has 27 heavy (non-hydrogen) atoms. The fraction of sp³-hybridized carbons (Fsp3) is 0.0588. The molecule has 6 nitrogen and oxygen atoms in total. The lowest BCUT2D eigenvalue weighted by atomic mass is 10.2. The van der Waals surface area contributed by atoms with E-state index < -0.39 is 32.2 Å². The predicted molar refractivity (Wildman–Crippen MR) is 91.1 cm³/mol. The lowest BCUT2D eigenvalue weighted by molar-refractivity contribution is 0.102. The van der Waals surface area contributed by atoms with Crippen molar-refractivity contribution < 1.29 is 26.4 Å². The summed E-state index contributed by atoms with van der Waals surface area (Å²) in [6.07, 6.45) is 4.48. The quantitative estimate of drug-likeness (QED) is 0.719. The van der Waals surface area contributed by atoms with Crippen LogP contribution in [0.4, 0.5) is 18.9 Å². The molecule has 0 atom stereocenters. The van der Waals surface area contributed by atoms with Crippen molar-refractivity contribution in [1.82, 2.24) is 9.55 Å². The number of benzene rings is 2. The van der Waals surface area contributed by atoms with Crippen molar-refractivity contribution in [2.75, 3.05) is 5.32 Å². The number of sulfone groups is 1. The van der Waals surface area contributed by atoms with Crippen molar-refractivity contribution in [1.29, 1.82) is 0 Å². The second-order valence-electron chi connectivity index (χ2n) is 5.42. The van der Waals surface area contributed by atoms with E-state index in [1.807, 2.05) is 0 Å². The Morgan fingerprint density at radius 1 is 1.11 bits per heavy atom. The van der Waals surface area contributed by atoms with Crippen LogP contribution >= 0.6 is 0 Å². The van der Waals surface area contributed by atoms with Gasteiger partial charge in [-0.1, -0.05) is 0 Å². The van der Waals surface area contributed by atoms with Crippen LogP contribution in [0.5, 0.6) is 0 Å². The summed E-state index contributed by atoms with van der Waals surface area (Å²) in [4.78, 5) is 15.4. The first kappa shape index (κ1) is 18.6. The minimum absolute atomic E-state index is 0.0299. The van der Waals surface area contributed by atoms with Crippen molar-refractivity contribution in [3.8, 4) is 5.69 Å². The lowest BCUT2D eigenvalue weighted by Gasteiger charge is -2.09. The van der Waals surface area contributed by atoms with Crippen LogP contribution in [0.2, 0.25) is 0 Å². The van der Waals surface area contributed by atoms with Gasteiger partial charge in [0.1, 0.15) is 5.82 Å². The van der Waals surface area contributed by atoms with Gasteiger partial charge in [0.25, 0.3) is 5.91 Å².